The van der Waals surface area contributed by atoms with Crippen molar-refractivity contribution < 1.29 is 14.3 Å². The topological polar surface area (TPSA) is 99.2 Å². The van der Waals surface area contributed by atoms with E-state index in [1.807, 2.05) is 24.3 Å². The van der Waals surface area contributed by atoms with E-state index in [1.165, 1.54) is 11.0 Å². The monoisotopic (exact) mass is 376 g/mol. The van der Waals surface area contributed by atoms with Gasteiger partial charge in [0.1, 0.15) is 19.2 Å². The molecule has 7 nitrogen and oxygen atoms in total. The average Bonchev–Trinajstić information content (AvgIpc) is 3.27. The van der Waals surface area contributed by atoms with Crippen LogP contribution in [0.25, 0.3) is 11.1 Å². The Labute approximate surface area is 162 Å². The van der Waals surface area contributed by atoms with Gasteiger partial charge in [-0.15, -0.1) is 0 Å². The van der Waals surface area contributed by atoms with Crippen LogP contribution in [0.4, 0.5) is 4.79 Å². The molecule has 1 atom stereocenters. The molecule has 4 rings (SSSR count). The minimum Gasteiger partial charge on any atom is -0.449 e. The van der Waals surface area contributed by atoms with Crippen LogP contribution in [0.3, 0.4) is 0 Å². The molecule has 1 amide bonds. The summed E-state index contributed by atoms with van der Waals surface area (Å²) < 4.78 is 6.75. The van der Waals surface area contributed by atoms with Gasteiger partial charge in [0.2, 0.25) is 0 Å². The third-order valence-corrected chi connectivity index (χ3v) is 4.90. The molecule has 0 spiro atoms. The number of carbonyl (C=O) groups is 2. The van der Waals surface area contributed by atoms with Gasteiger partial charge >= 0.3 is 6.09 Å². The number of nitrogens with one attached hydrogen (secondary N) is 1. The number of alkyl carbamates (subject to hydrolysis) is 1. The van der Waals surface area contributed by atoms with E-state index in [9.17, 15) is 9.59 Å². The van der Waals surface area contributed by atoms with Crippen LogP contribution in [0, 0.1) is 0 Å². The predicted molar refractivity (Wildman–Crippen MR) is 104 cm³/mol. The van der Waals surface area contributed by atoms with Crippen molar-refractivity contribution in [2.75, 3.05) is 12.4 Å². The van der Waals surface area contributed by atoms with Gasteiger partial charge in [0.05, 0.1) is 11.7 Å². The number of nitrogen functional groups attached to an aromatic ring is 1. The van der Waals surface area contributed by atoms with Crippen LogP contribution in [0.15, 0.2) is 61.1 Å². The number of benzene rings is 2. The Morgan fingerprint density at radius 2 is 1.82 bits per heavy atom. The molecule has 1 aliphatic rings. The molecule has 0 saturated heterocycles. The van der Waals surface area contributed by atoms with Crippen LogP contribution < -0.4 is 11.2 Å². The number of nitrogens with two attached hydrogens (primary N) is 1. The first-order valence-corrected chi connectivity index (χ1v) is 9.00. The largest absolute Gasteiger partial charge is 0.449 e. The molecule has 142 valence electrons. The minimum absolute atomic E-state index is 0.0271. The van der Waals surface area contributed by atoms with Crippen molar-refractivity contribution in [2.24, 2.45) is 0 Å². The third kappa shape index (κ3) is 3.46. The molecular weight excluding hydrogens is 356 g/mol. The maximum atomic E-state index is 12.2. The Kier molecular flexibility index (Phi) is 4.80. The van der Waals surface area contributed by atoms with Gasteiger partial charge in [-0.05, 0) is 22.3 Å². The molecule has 0 fully saturated rings. The second-order valence-electron chi connectivity index (χ2n) is 6.73. The molecule has 0 radical (unpaired) electrons. The zero-order chi connectivity index (χ0) is 19.5. The molecule has 7 heteroatoms. The first kappa shape index (κ1) is 17.8. The second-order valence-corrected chi connectivity index (χ2v) is 6.73. The van der Waals surface area contributed by atoms with Crippen molar-refractivity contribution in [1.29, 1.82) is 0 Å². The summed E-state index contributed by atoms with van der Waals surface area (Å²) >= 11 is 0. The highest BCUT2D eigenvalue weighted by Gasteiger charge is 2.29. The van der Waals surface area contributed by atoms with Crippen molar-refractivity contribution in [3.8, 4) is 11.1 Å². The van der Waals surface area contributed by atoms with Crippen molar-refractivity contribution in [2.45, 2.75) is 18.4 Å². The van der Waals surface area contributed by atoms with Crippen LogP contribution in [-0.2, 0) is 16.0 Å². The van der Waals surface area contributed by atoms with E-state index >= 15 is 0 Å². The zero-order valence-electron chi connectivity index (χ0n) is 15.1. The zero-order valence-corrected chi connectivity index (χ0v) is 15.1. The highest BCUT2D eigenvalue weighted by Crippen LogP contribution is 2.44. The van der Waals surface area contributed by atoms with E-state index in [4.69, 9.17) is 10.6 Å². The standard InChI is InChI=1S/C21H20N4O3/c22-25-10-14(23-13-25)9-15(11-26)24-21(27)28-12-20-18-7-3-1-5-16(18)17-6-2-4-8-19(17)20/h1-8,10-11,13,15,20H,9,12,22H2,(H,24,27)/t15-/m0/s1. The van der Waals surface area contributed by atoms with Crippen molar-refractivity contribution in [3.05, 3.63) is 77.9 Å². The van der Waals surface area contributed by atoms with E-state index < -0.39 is 12.1 Å². The maximum absolute atomic E-state index is 12.2. The smallest absolute Gasteiger partial charge is 0.407 e. The van der Waals surface area contributed by atoms with Crippen LogP contribution in [0.2, 0.25) is 0 Å². The number of hydrogen-bond donors (Lipinski definition) is 2. The molecule has 28 heavy (non-hydrogen) atoms. The number of amides is 1. The van der Waals surface area contributed by atoms with E-state index in [1.54, 1.807) is 6.20 Å². The van der Waals surface area contributed by atoms with Gasteiger partial charge < -0.3 is 20.7 Å². The fraction of sp³-hybridized carbons (Fsp3) is 0.190. The van der Waals surface area contributed by atoms with E-state index in [-0.39, 0.29) is 18.9 Å². The SMILES string of the molecule is Nn1cnc(C[C@@H](C=O)NC(=O)OCC2c3ccccc3-c3ccccc32)c1. The van der Waals surface area contributed by atoms with Gasteiger partial charge in [-0.2, -0.15) is 0 Å². The van der Waals surface area contributed by atoms with Gasteiger partial charge in [-0.3, -0.25) is 4.68 Å². The Hall–Kier alpha value is -3.61. The number of nitrogens with zero attached hydrogens (tertiary/aromatic N) is 2. The van der Waals surface area contributed by atoms with Crippen molar-refractivity contribution in [3.63, 3.8) is 0 Å². The number of aromatic nitrogens is 2. The maximum Gasteiger partial charge on any atom is 0.407 e. The lowest BCUT2D eigenvalue weighted by Crippen LogP contribution is -2.38. The highest BCUT2D eigenvalue weighted by molar-refractivity contribution is 5.79. The lowest BCUT2D eigenvalue weighted by atomic mass is 9.98. The molecule has 3 N–H and O–H groups in total. The van der Waals surface area contributed by atoms with Gasteiger partial charge in [0.15, 0.2) is 0 Å². The van der Waals surface area contributed by atoms with E-state index in [0.717, 1.165) is 22.3 Å². The molecule has 3 aromatic rings. The molecule has 0 saturated carbocycles. The normalized spacial score (nSPS) is 13.4. The lowest BCUT2D eigenvalue weighted by Gasteiger charge is -2.16. The number of imidazole rings is 1. The van der Waals surface area contributed by atoms with Crippen LogP contribution >= 0.6 is 0 Å². The summed E-state index contributed by atoms with van der Waals surface area (Å²) in [4.78, 5) is 27.6. The third-order valence-electron chi connectivity index (χ3n) is 4.90. The van der Waals surface area contributed by atoms with Gasteiger partial charge in [0, 0.05) is 18.5 Å². The molecule has 0 bridgehead atoms. The molecule has 1 aromatic heterocycles. The molecule has 0 aliphatic heterocycles. The number of aldehydes is 1. The Balaban J connectivity index is 1.41. The van der Waals surface area contributed by atoms with Gasteiger partial charge in [-0.1, -0.05) is 48.5 Å². The molecule has 2 aromatic carbocycles. The number of rotatable bonds is 6. The quantitative estimate of drug-likeness (QED) is 0.508. The van der Waals surface area contributed by atoms with Gasteiger partial charge in [-0.25, -0.2) is 9.78 Å². The van der Waals surface area contributed by atoms with Crippen LogP contribution in [0.5, 0.6) is 0 Å². The summed E-state index contributed by atoms with van der Waals surface area (Å²) in [5, 5.41) is 2.58. The number of ether oxygens (including phenoxy) is 1. The highest BCUT2D eigenvalue weighted by atomic mass is 16.5. The predicted octanol–water partition coefficient (Wildman–Crippen LogP) is 2.25. The fourth-order valence-electron chi connectivity index (χ4n) is 3.63. The first-order chi connectivity index (χ1) is 13.7. The molecule has 1 aliphatic carbocycles. The average molecular weight is 376 g/mol. The molecule has 0 unspecified atom stereocenters. The summed E-state index contributed by atoms with van der Waals surface area (Å²) in [5.41, 5.74) is 5.21. The lowest BCUT2D eigenvalue weighted by molar-refractivity contribution is -0.109. The number of hydrogen-bond acceptors (Lipinski definition) is 5. The molecular formula is C21H20N4O3. The summed E-state index contributed by atoms with van der Waals surface area (Å²) in [6.45, 7) is 0.197. The van der Waals surface area contributed by atoms with E-state index in [0.29, 0.717) is 12.0 Å². The Morgan fingerprint density at radius 3 is 2.39 bits per heavy atom. The van der Waals surface area contributed by atoms with Crippen LogP contribution in [-0.4, -0.2) is 34.7 Å². The minimum atomic E-state index is -0.731. The van der Waals surface area contributed by atoms with Crippen molar-refractivity contribution in [1.82, 2.24) is 15.0 Å². The van der Waals surface area contributed by atoms with Crippen LogP contribution in [0.1, 0.15) is 22.7 Å². The fourth-order valence-corrected chi connectivity index (χ4v) is 3.63. The summed E-state index contributed by atoms with van der Waals surface area (Å²) in [6.07, 6.45) is 3.31. The van der Waals surface area contributed by atoms with E-state index in [2.05, 4.69) is 34.6 Å². The van der Waals surface area contributed by atoms with Crippen molar-refractivity contribution >= 4 is 12.4 Å². The molecule has 1 heterocycles. The Bertz CT molecular complexity index is 969. The number of fused-ring (bicyclic) bond motifs is 3. The summed E-state index contributed by atoms with van der Waals surface area (Å²) in [6, 6.07) is 15.5. The second kappa shape index (κ2) is 7.56. The summed E-state index contributed by atoms with van der Waals surface area (Å²) in [7, 11) is 0. The first-order valence-electron chi connectivity index (χ1n) is 9.00. The number of carbonyl (C=O) groups excluding carboxylic acids is 2. The summed E-state index contributed by atoms with van der Waals surface area (Å²) in [5.74, 6) is 5.52. The van der Waals surface area contributed by atoms with Gasteiger partial charge in [0.25, 0.3) is 0 Å². The Morgan fingerprint density at radius 1 is 1.18 bits per heavy atom.